The highest BCUT2D eigenvalue weighted by Crippen LogP contribution is 2.13. The van der Waals surface area contributed by atoms with Crippen molar-refractivity contribution in [3.8, 4) is 0 Å². The van der Waals surface area contributed by atoms with Crippen LogP contribution in [0.25, 0.3) is 0 Å². The van der Waals surface area contributed by atoms with Crippen molar-refractivity contribution in [1.29, 1.82) is 0 Å². The van der Waals surface area contributed by atoms with E-state index in [2.05, 4.69) is 10.1 Å². The number of hydrogen-bond acceptors (Lipinski definition) is 3. The van der Waals surface area contributed by atoms with E-state index >= 15 is 0 Å². The molecule has 8 heteroatoms. The Morgan fingerprint density at radius 1 is 1.60 bits per heavy atom. The lowest BCUT2D eigenvalue weighted by Gasteiger charge is -2.05. The number of alkyl halides is 3. The zero-order chi connectivity index (χ0) is 11.5. The SMILES string of the molecule is Cn1cnc(CCNC(=O)C(F)(F)F)n1. The van der Waals surface area contributed by atoms with Gasteiger partial charge in [0.2, 0.25) is 0 Å². The van der Waals surface area contributed by atoms with Gasteiger partial charge in [0, 0.05) is 20.0 Å². The normalized spacial score (nSPS) is 11.5. The van der Waals surface area contributed by atoms with Gasteiger partial charge in [0.1, 0.15) is 6.33 Å². The number of aromatic nitrogens is 3. The van der Waals surface area contributed by atoms with Crippen LogP contribution in [0.3, 0.4) is 0 Å². The van der Waals surface area contributed by atoms with Gasteiger partial charge in [0.05, 0.1) is 0 Å². The third-order valence-electron chi connectivity index (χ3n) is 1.54. The third kappa shape index (κ3) is 3.56. The highest BCUT2D eigenvalue weighted by molar-refractivity contribution is 5.81. The molecule has 0 aliphatic heterocycles. The molecule has 1 rings (SSSR count). The molecule has 0 saturated carbocycles. The molecule has 0 atom stereocenters. The van der Waals surface area contributed by atoms with Gasteiger partial charge in [-0.25, -0.2) is 4.98 Å². The van der Waals surface area contributed by atoms with Crippen molar-refractivity contribution < 1.29 is 18.0 Å². The summed E-state index contributed by atoms with van der Waals surface area (Å²) in [6.07, 6.45) is -3.24. The number of aryl methyl sites for hydroxylation is 1. The lowest BCUT2D eigenvalue weighted by Crippen LogP contribution is -2.37. The molecular weight excluding hydrogens is 213 g/mol. The van der Waals surface area contributed by atoms with Crippen molar-refractivity contribution in [1.82, 2.24) is 20.1 Å². The number of halogens is 3. The first-order valence-electron chi connectivity index (χ1n) is 4.09. The molecule has 1 heterocycles. The van der Waals surface area contributed by atoms with Gasteiger partial charge in [-0.3, -0.25) is 9.48 Å². The van der Waals surface area contributed by atoms with Crippen molar-refractivity contribution in [3.05, 3.63) is 12.2 Å². The summed E-state index contributed by atoms with van der Waals surface area (Å²) in [5, 5.41) is 5.57. The summed E-state index contributed by atoms with van der Waals surface area (Å²) in [7, 11) is 1.64. The Balaban J connectivity index is 2.31. The van der Waals surface area contributed by atoms with Crippen molar-refractivity contribution in [2.45, 2.75) is 12.6 Å². The van der Waals surface area contributed by atoms with Crippen molar-refractivity contribution in [3.63, 3.8) is 0 Å². The van der Waals surface area contributed by atoms with Crippen LogP contribution in [0.15, 0.2) is 6.33 Å². The minimum Gasteiger partial charge on any atom is -0.348 e. The molecule has 5 nitrogen and oxygen atoms in total. The summed E-state index contributed by atoms with van der Waals surface area (Å²) in [6.45, 7) is -0.137. The standard InChI is InChI=1S/C7H9F3N4O/c1-14-4-12-5(13-14)2-3-11-6(15)7(8,9)10/h4H,2-3H2,1H3,(H,11,15). The summed E-state index contributed by atoms with van der Waals surface area (Å²) in [5.41, 5.74) is 0. The fourth-order valence-corrected chi connectivity index (χ4v) is 0.887. The van der Waals surface area contributed by atoms with E-state index in [0.29, 0.717) is 5.82 Å². The molecule has 0 radical (unpaired) electrons. The number of nitrogens with one attached hydrogen (secondary N) is 1. The Kier molecular flexibility index (Phi) is 3.28. The van der Waals surface area contributed by atoms with E-state index in [1.54, 1.807) is 12.4 Å². The molecule has 1 N–H and O–H groups in total. The smallest absolute Gasteiger partial charge is 0.348 e. The molecule has 0 aliphatic carbocycles. The second kappa shape index (κ2) is 4.28. The summed E-state index contributed by atoms with van der Waals surface area (Å²) in [4.78, 5) is 14.2. The summed E-state index contributed by atoms with van der Waals surface area (Å²) in [6, 6.07) is 0. The van der Waals surface area contributed by atoms with Crippen molar-refractivity contribution >= 4 is 5.91 Å². The van der Waals surface area contributed by atoms with Crippen LogP contribution in [-0.2, 0) is 18.3 Å². The second-order valence-corrected chi connectivity index (χ2v) is 2.84. The van der Waals surface area contributed by atoms with Crippen molar-refractivity contribution in [2.24, 2.45) is 7.05 Å². The molecule has 0 bridgehead atoms. The molecule has 0 saturated heterocycles. The van der Waals surface area contributed by atoms with Gasteiger partial charge < -0.3 is 5.32 Å². The maximum atomic E-state index is 11.7. The molecular formula is C7H9F3N4O. The molecule has 84 valence electrons. The van der Waals surface area contributed by atoms with Crippen LogP contribution in [-0.4, -0.2) is 33.4 Å². The minimum atomic E-state index is -4.84. The number of rotatable bonds is 3. The van der Waals surface area contributed by atoms with Gasteiger partial charge in [0.25, 0.3) is 0 Å². The number of carbonyl (C=O) groups is 1. The molecule has 0 aromatic carbocycles. The highest BCUT2D eigenvalue weighted by Gasteiger charge is 2.38. The van der Waals surface area contributed by atoms with Gasteiger partial charge in [-0.2, -0.15) is 18.3 Å². The van der Waals surface area contributed by atoms with Gasteiger partial charge in [-0.1, -0.05) is 0 Å². The van der Waals surface area contributed by atoms with E-state index in [1.807, 2.05) is 0 Å². The van der Waals surface area contributed by atoms with Crippen LogP contribution >= 0.6 is 0 Å². The Labute approximate surface area is 83.3 Å². The van der Waals surface area contributed by atoms with Crippen LogP contribution in [0, 0.1) is 0 Å². The fourth-order valence-electron chi connectivity index (χ4n) is 0.887. The number of nitrogens with zero attached hydrogens (tertiary/aromatic N) is 3. The Morgan fingerprint density at radius 2 is 2.27 bits per heavy atom. The molecule has 0 fully saturated rings. The van der Waals surface area contributed by atoms with E-state index in [9.17, 15) is 18.0 Å². The predicted octanol–water partition coefficient (Wildman–Crippen LogP) is 0.0361. The molecule has 1 aromatic rings. The van der Waals surface area contributed by atoms with E-state index < -0.39 is 12.1 Å². The first kappa shape index (κ1) is 11.5. The lowest BCUT2D eigenvalue weighted by molar-refractivity contribution is -0.173. The zero-order valence-corrected chi connectivity index (χ0v) is 7.88. The largest absolute Gasteiger partial charge is 0.471 e. The van der Waals surface area contributed by atoms with E-state index in [-0.39, 0.29) is 13.0 Å². The molecule has 1 amide bonds. The monoisotopic (exact) mass is 222 g/mol. The summed E-state index contributed by atoms with van der Waals surface area (Å²) >= 11 is 0. The Morgan fingerprint density at radius 3 is 2.73 bits per heavy atom. The third-order valence-corrected chi connectivity index (χ3v) is 1.54. The maximum Gasteiger partial charge on any atom is 0.471 e. The highest BCUT2D eigenvalue weighted by atomic mass is 19.4. The van der Waals surface area contributed by atoms with Crippen LogP contribution in [0.5, 0.6) is 0 Å². The average molecular weight is 222 g/mol. The van der Waals surface area contributed by atoms with Gasteiger partial charge in [0.15, 0.2) is 5.82 Å². The van der Waals surface area contributed by atoms with Gasteiger partial charge in [-0.05, 0) is 0 Å². The quantitative estimate of drug-likeness (QED) is 0.785. The van der Waals surface area contributed by atoms with Crippen LogP contribution in [0.1, 0.15) is 5.82 Å². The molecule has 0 unspecified atom stereocenters. The Hall–Kier alpha value is -1.60. The summed E-state index contributed by atoms with van der Waals surface area (Å²) < 4.78 is 36.6. The van der Waals surface area contributed by atoms with Gasteiger partial charge >= 0.3 is 12.1 Å². The second-order valence-electron chi connectivity index (χ2n) is 2.84. The number of amides is 1. The average Bonchev–Trinajstić information content (AvgIpc) is 2.49. The summed E-state index contributed by atoms with van der Waals surface area (Å²) in [5.74, 6) is -1.56. The molecule has 15 heavy (non-hydrogen) atoms. The first-order valence-corrected chi connectivity index (χ1v) is 4.09. The molecule has 0 spiro atoms. The van der Waals surface area contributed by atoms with Crippen LogP contribution in [0.2, 0.25) is 0 Å². The maximum absolute atomic E-state index is 11.7. The minimum absolute atomic E-state index is 0.137. The zero-order valence-electron chi connectivity index (χ0n) is 7.88. The number of hydrogen-bond donors (Lipinski definition) is 1. The van der Waals surface area contributed by atoms with Gasteiger partial charge in [-0.15, -0.1) is 0 Å². The van der Waals surface area contributed by atoms with E-state index in [0.717, 1.165) is 0 Å². The number of carbonyl (C=O) groups excluding carboxylic acids is 1. The van der Waals surface area contributed by atoms with Crippen LogP contribution in [0.4, 0.5) is 13.2 Å². The molecule has 0 aliphatic rings. The van der Waals surface area contributed by atoms with E-state index in [1.165, 1.54) is 11.0 Å². The lowest BCUT2D eigenvalue weighted by atomic mass is 10.4. The first-order chi connectivity index (χ1) is 6.89. The Bertz CT molecular complexity index is 346. The predicted molar refractivity (Wildman–Crippen MR) is 43.8 cm³/mol. The molecule has 1 aromatic heterocycles. The van der Waals surface area contributed by atoms with Crippen LogP contribution < -0.4 is 5.32 Å². The topological polar surface area (TPSA) is 59.8 Å². The van der Waals surface area contributed by atoms with E-state index in [4.69, 9.17) is 0 Å². The fraction of sp³-hybridized carbons (Fsp3) is 0.571. The van der Waals surface area contributed by atoms with Crippen molar-refractivity contribution in [2.75, 3.05) is 6.54 Å².